The zero-order valence-corrected chi connectivity index (χ0v) is 17.1. The summed E-state index contributed by atoms with van der Waals surface area (Å²) in [6.07, 6.45) is -3.21. The van der Waals surface area contributed by atoms with Crippen molar-refractivity contribution in [3.63, 3.8) is 0 Å². The van der Waals surface area contributed by atoms with Crippen LogP contribution < -0.4 is 10.6 Å². The Balaban J connectivity index is 1.60. The molecule has 164 valence electrons. The number of ether oxygens (including phenoxy) is 1. The molecule has 8 nitrogen and oxygen atoms in total. The molecule has 1 atom stereocenters. The van der Waals surface area contributed by atoms with Crippen molar-refractivity contribution in [1.82, 2.24) is 29.8 Å². The highest BCUT2D eigenvalue weighted by Gasteiger charge is 2.25. The summed E-state index contributed by atoms with van der Waals surface area (Å²) in [7, 11) is 0. The first-order valence-corrected chi connectivity index (χ1v) is 10.3. The van der Waals surface area contributed by atoms with Crippen LogP contribution in [0.15, 0.2) is 54.6 Å². The summed E-state index contributed by atoms with van der Waals surface area (Å²) < 4.78 is 34.8. The number of hydrogen-bond donors (Lipinski definition) is 2. The molecule has 1 unspecified atom stereocenters. The Labute approximate surface area is 182 Å². The topological polar surface area (TPSA) is 89.8 Å². The molecule has 2 aromatic carbocycles. The fourth-order valence-corrected chi connectivity index (χ4v) is 3.61. The van der Waals surface area contributed by atoms with Gasteiger partial charge < -0.3 is 15.4 Å². The van der Waals surface area contributed by atoms with Crippen LogP contribution >= 0.6 is 0 Å². The van der Waals surface area contributed by atoms with Gasteiger partial charge in [-0.1, -0.05) is 42.5 Å². The van der Waals surface area contributed by atoms with E-state index in [-0.39, 0.29) is 11.9 Å². The van der Waals surface area contributed by atoms with Gasteiger partial charge in [0.15, 0.2) is 11.6 Å². The van der Waals surface area contributed by atoms with Crippen LogP contribution in [0.1, 0.15) is 29.7 Å². The summed E-state index contributed by atoms with van der Waals surface area (Å²) >= 11 is 0. The van der Waals surface area contributed by atoms with Crippen LogP contribution in [0.3, 0.4) is 0 Å². The number of benzene rings is 2. The van der Waals surface area contributed by atoms with Crippen molar-refractivity contribution in [1.29, 1.82) is 0 Å². The third-order valence-electron chi connectivity index (χ3n) is 5.13. The quantitative estimate of drug-likeness (QED) is 0.478. The summed E-state index contributed by atoms with van der Waals surface area (Å²) in [5.74, 6) is 0.306. The Kier molecular flexibility index (Phi) is 5.70. The average Bonchev–Trinajstić information content (AvgIpc) is 3.24. The van der Waals surface area contributed by atoms with E-state index in [1.807, 2.05) is 30.3 Å². The fourth-order valence-electron chi connectivity index (χ4n) is 3.61. The van der Waals surface area contributed by atoms with Gasteiger partial charge in [-0.15, -0.1) is 0 Å². The van der Waals surface area contributed by atoms with Gasteiger partial charge in [0.2, 0.25) is 11.9 Å². The number of hydrogen-bond acceptors (Lipinski definition) is 7. The van der Waals surface area contributed by atoms with E-state index >= 15 is 0 Å². The van der Waals surface area contributed by atoms with Gasteiger partial charge in [-0.05, 0) is 17.7 Å². The van der Waals surface area contributed by atoms with Crippen molar-refractivity contribution in [3.05, 3.63) is 71.8 Å². The predicted octanol–water partition coefficient (Wildman–Crippen LogP) is 3.42. The van der Waals surface area contributed by atoms with E-state index in [2.05, 4.69) is 30.6 Å². The number of para-hydroxylation sites is 2. The van der Waals surface area contributed by atoms with Gasteiger partial charge in [0, 0.05) is 19.6 Å². The third kappa shape index (κ3) is 4.14. The van der Waals surface area contributed by atoms with Crippen molar-refractivity contribution in [2.45, 2.75) is 19.1 Å². The van der Waals surface area contributed by atoms with Crippen molar-refractivity contribution in [2.24, 2.45) is 0 Å². The smallest absolute Gasteiger partial charge is 0.296 e. The minimum absolute atomic E-state index is 0.0729. The van der Waals surface area contributed by atoms with Gasteiger partial charge in [0.05, 0.1) is 17.6 Å². The first-order valence-electron chi connectivity index (χ1n) is 10.3. The first kappa shape index (κ1) is 20.4. The normalized spacial score (nSPS) is 16.5. The van der Waals surface area contributed by atoms with Gasteiger partial charge in [-0.2, -0.15) is 15.0 Å². The molecular formula is C22H21F2N7O. The van der Waals surface area contributed by atoms with Crippen LogP contribution in [0.4, 0.5) is 14.7 Å². The largest absolute Gasteiger partial charge is 0.368 e. The molecule has 0 amide bonds. The maximum absolute atomic E-state index is 13.9. The Hall–Kier alpha value is -3.50. The van der Waals surface area contributed by atoms with E-state index in [1.54, 1.807) is 24.3 Å². The average molecular weight is 437 g/mol. The van der Waals surface area contributed by atoms with E-state index in [1.165, 1.54) is 4.57 Å². The summed E-state index contributed by atoms with van der Waals surface area (Å²) in [4.78, 5) is 17.6. The number of imidazole rings is 1. The van der Waals surface area contributed by atoms with E-state index < -0.39 is 18.4 Å². The molecule has 0 spiro atoms. The maximum Gasteiger partial charge on any atom is 0.296 e. The lowest BCUT2D eigenvalue weighted by Crippen LogP contribution is -2.34. The fraction of sp³-hybridized carbons (Fsp3) is 0.273. The molecule has 1 aliphatic rings. The van der Waals surface area contributed by atoms with E-state index in [0.29, 0.717) is 36.6 Å². The number of halogens is 2. The number of morpholine rings is 1. The Morgan fingerprint density at radius 1 is 1.03 bits per heavy atom. The van der Waals surface area contributed by atoms with Crippen molar-refractivity contribution in [3.8, 4) is 5.95 Å². The van der Waals surface area contributed by atoms with Gasteiger partial charge >= 0.3 is 0 Å². The third-order valence-corrected chi connectivity index (χ3v) is 5.13. The summed E-state index contributed by atoms with van der Waals surface area (Å²) in [5.41, 5.74) is 1.98. The number of anilines is 1. The molecule has 3 heterocycles. The number of fused-ring (bicyclic) bond motifs is 1. The minimum Gasteiger partial charge on any atom is -0.368 e. The molecule has 0 saturated carbocycles. The summed E-state index contributed by atoms with van der Waals surface area (Å²) in [5, 5.41) is 6.42. The number of rotatable bonds is 6. The van der Waals surface area contributed by atoms with Crippen LogP contribution in [0, 0.1) is 0 Å². The van der Waals surface area contributed by atoms with Crippen LogP contribution in [0.2, 0.25) is 0 Å². The van der Waals surface area contributed by atoms with E-state index in [9.17, 15) is 8.78 Å². The predicted molar refractivity (Wildman–Crippen MR) is 115 cm³/mol. The summed E-state index contributed by atoms with van der Waals surface area (Å²) in [6, 6.07) is 16.7. The zero-order chi connectivity index (χ0) is 21.9. The lowest BCUT2D eigenvalue weighted by molar-refractivity contribution is 0.0220. The molecule has 0 radical (unpaired) electrons. The second-order valence-corrected chi connectivity index (χ2v) is 7.31. The number of alkyl halides is 2. The number of nitrogens with zero attached hydrogens (tertiary/aromatic N) is 5. The van der Waals surface area contributed by atoms with Gasteiger partial charge in [0.25, 0.3) is 6.43 Å². The standard InChI is InChI=1S/C22H21F2N7O/c23-18(24)20-27-15-8-4-5-9-16(15)31(20)22-29-19(17-13-25-10-11-32-17)28-21(30-22)26-12-14-6-2-1-3-7-14/h1-9,17-18,25H,10-13H2,(H,26,28,29,30). The highest BCUT2D eigenvalue weighted by Crippen LogP contribution is 2.27. The molecule has 32 heavy (non-hydrogen) atoms. The highest BCUT2D eigenvalue weighted by atomic mass is 19.3. The molecule has 2 aromatic heterocycles. The van der Waals surface area contributed by atoms with E-state index in [4.69, 9.17) is 4.74 Å². The second kappa shape index (κ2) is 8.93. The number of aromatic nitrogens is 5. The molecule has 1 fully saturated rings. The molecule has 1 aliphatic heterocycles. The molecule has 0 aliphatic carbocycles. The van der Waals surface area contributed by atoms with Gasteiger partial charge in [0.1, 0.15) is 6.10 Å². The van der Waals surface area contributed by atoms with Crippen molar-refractivity contribution < 1.29 is 13.5 Å². The maximum atomic E-state index is 13.9. The van der Waals surface area contributed by atoms with Crippen LogP contribution in [0.5, 0.6) is 0 Å². The molecular weight excluding hydrogens is 416 g/mol. The van der Waals surface area contributed by atoms with Gasteiger partial charge in [-0.3, -0.25) is 4.57 Å². The monoisotopic (exact) mass is 437 g/mol. The Bertz CT molecular complexity index is 1210. The van der Waals surface area contributed by atoms with Gasteiger partial charge in [-0.25, -0.2) is 13.8 Å². The molecule has 10 heteroatoms. The SMILES string of the molecule is FC(F)c1nc2ccccc2n1-c1nc(NCc2ccccc2)nc(C2CNCCO2)n1. The molecule has 5 rings (SSSR count). The summed E-state index contributed by atoms with van der Waals surface area (Å²) in [6.45, 7) is 2.23. The first-order chi connectivity index (χ1) is 15.7. The molecule has 1 saturated heterocycles. The lowest BCUT2D eigenvalue weighted by atomic mass is 10.2. The van der Waals surface area contributed by atoms with Crippen LogP contribution in [-0.4, -0.2) is 44.2 Å². The van der Waals surface area contributed by atoms with Crippen LogP contribution in [-0.2, 0) is 11.3 Å². The minimum atomic E-state index is -2.80. The Morgan fingerprint density at radius 2 is 1.84 bits per heavy atom. The van der Waals surface area contributed by atoms with Crippen molar-refractivity contribution >= 4 is 17.0 Å². The zero-order valence-electron chi connectivity index (χ0n) is 17.1. The lowest BCUT2D eigenvalue weighted by Gasteiger charge is -2.23. The van der Waals surface area contributed by atoms with Crippen LogP contribution in [0.25, 0.3) is 17.0 Å². The molecule has 2 N–H and O–H groups in total. The Morgan fingerprint density at radius 3 is 2.62 bits per heavy atom. The highest BCUT2D eigenvalue weighted by molar-refractivity contribution is 5.77. The second-order valence-electron chi connectivity index (χ2n) is 7.31. The van der Waals surface area contributed by atoms with Crippen molar-refractivity contribution in [2.75, 3.05) is 25.0 Å². The molecule has 4 aromatic rings. The molecule has 0 bridgehead atoms. The van der Waals surface area contributed by atoms with E-state index in [0.717, 1.165) is 12.1 Å². The number of nitrogens with one attached hydrogen (secondary N) is 2.